The minimum Gasteiger partial charge on any atom is -0.497 e. The monoisotopic (exact) mass is 425 g/mol. The maximum absolute atomic E-state index is 14.1. The highest BCUT2D eigenvalue weighted by molar-refractivity contribution is 7.14. The van der Waals surface area contributed by atoms with E-state index in [0.717, 1.165) is 29.7 Å². The van der Waals surface area contributed by atoms with Crippen LogP contribution in [-0.2, 0) is 0 Å². The summed E-state index contributed by atoms with van der Waals surface area (Å²) in [6, 6.07) is 7.09. The number of rotatable bonds is 4. The van der Waals surface area contributed by atoms with Crippen LogP contribution in [0.1, 0.15) is 32.6 Å². The van der Waals surface area contributed by atoms with Crippen LogP contribution in [0.3, 0.4) is 0 Å². The van der Waals surface area contributed by atoms with E-state index in [0.29, 0.717) is 28.6 Å². The third-order valence-corrected chi connectivity index (χ3v) is 6.69. The number of methoxy groups -OCH3 is 1. The van der Waals surface area contributed by atoms with E-state index >= 15 is 0 Å². The molecule has 0 bridgehead atoms. The first kappa shape index (κ1) is 20.2. The van der Waals surface area contributed by atoms with Crippen LogP contribution in [0.15, 0.2) is 34.7 Å². The molecule has 1 aromatic carbocycles. The van der Waals surface area contributed by atoms with Crippen LogP contribution < -0.4 is 9.75 Å². The van der Waals surface area contributed by atoms with Crippen LogP contribution >= 0.6 is 11.3 Å². The van der Waals surface area contributed by atoms with Crippen molar-refractivity contribution in [1.29, 1.82) is 0 Å². The first-order valence-corrected chi connectivity index (χ1v) is 10.4. The fourth-order valence-electron chi connectivity index (χ4n) is 4.12. The summed E-state index contributed by atoms with van der Waals surface area (Å²) in [5.74, 6) is -0.232. The molecule has 1 aliphatic heterocycles. The fourth-order valence-corrected chi connectivity index (χ4v) is 4.95. The lowest BCUT2D eigenvalue weighted by Gasteiger charge is -2.39. The number of alkyl halides is 3. The SMILES string of the molecule is CC[C@@H]1CCC2=NN(c3nc(-c4ccc(OC)cc4)cs3)[C@](O)(C(F)(F)F)[C@H]2C1. The topological polar surface area (TPSA) is 58.0 Å². The molecule has 0 saturated heterocycles. The summed E-state index contributed by atoms with van der Waals surface area (Å²) in [5.41, 5.74) is -1.38. The summed E-state index contributed by atoms with van der Waals surface area (Å²) in [6.07, 6.45) is -2.53. The van der Waals surface area contributed by atoms with Gasteiger partial charge in [0, 0.05) is 16.7 Å². The molecule has 4 rings (SSSR count). The summed E-state index contributed by atoms with van der Waals surface area (Å²) >= 11 is 1.04. The van der Waals surface area contributed by atoms with Crippen molar-refractivity contribution in [3.05, 3.63) is 29.6 Å². The van der Waals surface area contributed by atoms with Crippen molar-refractivity contribution in [3.8, 4) is 17.0 Å². The number of aliphatic hydroxyl groups is 1. The zero-order chi connectivity index (χ0) is 20.8. The Bertz CT molecular complexity index is 912. The van der Waals surface area contributed by atoms with Gasteiger partial charge in [0.15, 0.2) is 0 Å². The van der Waals surface area contributed by atoms with Gasteiger partial charge in [0.25, 0.3) is 5.72 Å². The van der Waals surface area contributed by atoms with E-state index in [9.17, 15) is 18.3 Å². The lowest BCUT2D eigenvalue weighted by molar-refractivity contribution is -0.270. The Labute approximate surface area is 170 Å². The predicted octanol–water partition coefficient (Wildman–Crippen LogP) is 5.07. The highest BCUT2D eigenvalue weighted by Crippen LogP contribution is 2.51. The Balaban J connectivity index is 1.70. The number of aromatic nitrogens is 1. The number of halogens is 3. The molecule has 156 valence electrons. The lowest BCUT2D eigenvalue weighted by atomic mass is 9.74. The van der Waals surface area contributed by atoms with Gasteiger partial charge in [-0.05, 0) is 49.4 Å². The van der Waals surface area contributed by atoms with Gasteiger partial charge in [0.2, 0.25) is 5.13 Å². The van der Waals surface area contributed by atoms with Crippen molar-refractivity contribution >= 4 is 22.2 Å². The Morgan fingerprint density at radius 3 is 2.66 bits per heavy atom. The molecule has 1 aromatic heterocycles. The van der Waals surface area contributed by atoms with Gasteiger partial charge >= 0.3 is 6.18 Å². The van der Waals surface area contributed by atoms with E-state index in [1.165, 1.54) is 0 Å². The Morgan fingerprint density at radius 1 is 1.31 bits per heavy atom. The first-order valence-electron chi connectivity index (χ1n) is 9.54. The number of nitrogens with zero attached hydrogens (tertiary/aromatic N) is 3. The molecule has 1 N–H and O–H groups in total. The van der Waals surface area contributed by atoms with Crippen molar-refractivity contribution in [1.82, 2.24) is 4.98 Å². The molecule has 1 saturated carbocycles. The van der Waals surface area contributed by atoms with Crippen molar-refractivity contribution < 1.29 is 23.0 Å². The maximum Gasteiger partial charge on any atom is 0.439 e. The van der Waals surface area contributed by atoms with Gasteiger partial charge in [0.05, 0.1) is 18.7 Å². The smallest absolute Gasteiger partial charge is 0.439 e. The predicted molar refractivity (Wildman–Crippen MR) is 106 cm³/mol. The molecule has 29 heavy (non-hydrogen) atoms. The molecule has 2 aromatic rings. The molecule has 2 heterocycles. The molecule has 0 spiro atoms. The third kappa shape index (κ3) is 3.30. The standard InChI is InChI=1S/C20H22F3N3O2S/c1-3-12-4-9-16-15(10-12)19(27,20(21,22)23)26(25-16)18-24-17(11-29-18)13-5-7-14(28-2)8-6-13/h5-8,11-12,15,27H,3-4,9-10H2,1-2H3/t12-,15+,19-/m1/s1. The minimum atomic E-state index is -4.86. The summed E-state index contributed by atoms with van der Waals surface area (Å²) < 4.78 is 47.4. The lowest BCUT2D eigenvalue weighted by Crippen LogP contribution is -2.60. The summed E-state index contributed by atoms with van der Waals surface area (Å²) in [6.45, 7) is 1.97. The Hall–Kier alpha value is -2.13. The fraction of sp³-hybridized carbons (Fsp3) is 0.500. The van der Waals surface area contributed by atoms with E-state index in [4.69, 9.17) is 4.74 Å². The molecule has 0 unspecified atom stereocenters. The van der Waals surface area contributed by atoms with E-state index < -0.39 is 17.8 Å². The van der Waals surface area contributed by atoms with Crippen molar-refractivity contribution in [2.75, 3.05) is 12.1 Å². The van der Waals surface area contributed by atoms with Crippen LogP contribution in [0.4, 0.5) is 18.3 Å². The summed E-state index contributed by atoms with van der Waals surface area (Å²) in [7, 11) is 1.56. The van der Waals surface area contributed by atoms with Crippen molar-refractivity contribution in [2.45, 2.75) is 44.5 Å². The van der Waals surface area contributed by atoms with E-state index in [-0.39, 0.29) is 17.5 Å². The molecule has 1 fully saturated rings. The third-order valence-electron chi connectivity index (χ3n) is 5.87. The maximum atomic E-state index is 14.1. The second-order valence-corrected chi connectivity index (χ2v) is 8.31. The molecular weight excluding hydrogens is 403 g/mol. The number of hydrogen-bond acceptors (Lipinski definition) is 6. The summed E-state index contributed by atoms with van der Waals surface area (Å²) in [5, 5.41) is 17.5. The van der Waals surface area contributed by atoms with Gasteiger partial charge in [-0.2, -0.15) is 23.3 Å². The van der Waals surface area contributed by atoms with E-state index in [1.54, 1.807) is 36.8 Å². The summed E-state index contributed by atoms with van der Waals surface area (Å²) in [4.78, 5) is 4.36. The van der Waals surface area contributed by atoms with Gasteiger partial charge in [-0.15, -0.1) is 11.3 Å². The Morgan fingerprint density at radius 2 is 2.03 bits per heavy atom. The van der Waals surface area contributed by atoms with Crippen molar-refractivity contribution in [3.63, 3.8) is 0 Å². The van der Waals surface area contributed by atoms with Crippen LogP contribution in [0, 0.1) is 11.8 Å². The van der Waals surface area contributed by atoms with E-state index in [2.05, 4.69) is 10.1 Å². The number of thiazole rings is 1. The Kier molecular flexibility index (Phi) is 5.06. The number of fused-ring (bicyclic) bond motifs is 1. The van der Waals surface area contributed by atoms with Gasteiger partial charge in [-0.3, -0.25) is 0 Å². The molecule has 1 aliphatic carbocycles. The van der Waals surface area contributed by atoms with Crippen LogP contribution in [0.25, 0.3) is 11.3 Å². The highest BCUT2D eigenvalue weighted by Gasteiger charge is 2.68. The number of ether oxygens (including phenoxy) is 1. The zero-order valence-corrected chi connectivity index (χ0v) is 16.9. The number of hydrazone groups is 1. The van der Waals surface area contributed by atoms with Gasteiger partial charge in [-0.25, -0.2) is 4.98 Å². The first-order chi connectivity index (χ1) is 13.8. The quantitative estimate of drug-likeness (QED) is 0.743. The zero-order valence-electron chi connectivity index (χ0n) is 16.1. The molecule has 5 nitrogen and oxygen atoms in total. The average Bonchev–Trinajstić information content (AvgIpc) is 3.31. The molecule has 0 radical (unpaired) electrons. The number of hydrogen-bond donors (Lipinski definition) is 1. The minimum absolute atomic E-state index is 0.0330. The number of benzene rings is 1. The largest absolute Gasteiger partial charge is 0.497 e. The molecule has 3 atom stereocenters. The van der Waals surface area contributed by atoms with Crippen LogP contribution in [0.5, 0.6) is 5.75 Å². The van der Waals surface area contributed by atoms with Crippen LogP contribution in [-0.4, -0.2) is 34.8 Å². The molecule has 0 amide bonds. The molecule has 2 aliphatic rings. The molecular formula is C20H22F3N3O2S. The van der Waals surface area contributed by atoms with E-state index in [1.807, 2.05) is 6.92 Å². The van der Waals surface area contributed by atoms with Crippen LogP contribution in [0.2, 0.25) is 0 Å². The van der Waals surface area contributed by atoms with Crippen molar-refractivity contribution in [2.24, 2.45) is 16.9 Å². The number of anilines is 1. The second kappa shape index (κ2) is 7.28. The normalized spacial score (nSPS) is 27.0. The molecule has 9 heteroatoms. The van der Waals surface area contributed by atoms with Gasteiger partial charge < -0.3 is 9.84 Å². The highest BCUT2D eigenvalue weighted by atomic mass is 32.1. The average molecular weight is 425 g/mol. The van der Waals surface area contributed by atoms with Gasteiger partial charge in [0.1, 0.15) is 5.75 Å². The van der Waals surface area contributed by atoms with Gasteiger partial charge in [-0.1, -0.05) is 13.3 Å². The second-order valence-electron chi connectivity index (χ2n) is 7.47.